The molecule has 0 radical (unpaired) electrons. The average Bonchev–Trinajstić information content (AvgIpc) is 2.68. The summed E-state index contributed by atoms with van der Waals surface area (Å²) in [4.78, 5) is 11.0. The molecule has 1 saturated heterocycles. The summed E-state index contributed by atoms with van der Waals surface area (Å²) in [7, 11) is 0. The molecule has 0 spiro atoms. The first-order chi connectivity index (χ1) is 7.39. The van der Waals surface area contributed by atoms with Gasteiger partial charge in [-0.1, -0.05) is 15.9 Å². The fourth-order valence-electron chi connectivity index (χ4n) is 1.72. The van der Waals surface area contributed by atoms with Crippen molar-refractivity contribution in [3.8, 4) is 0 Å². The molecular weight excluding hydrogens is 280 g/mol. The molecule has 0 aromatic carbocycles. The zero-order valence-electron chi connectivity index (χ0n) is 8.97. The molecular formula is C10H13BrO5. The van der Waals surface area contributed by atoms with E-state index in [1.165, 1.54) is 6.08 Å². The lowest BCUT2D eigenvalue weighted by molar-refractivity contribution is -0.164. The Morgan fingerprint density at radius 3 is 2.75 bits per heavy atom. The van der Waals surface area contributed by atoms with E-state index in [-0.39, 0.29) is 6.61 Å². The molecule has 2 aliphatic rings. The largest absolute Gasteiger partial charge is 0.451 e. The van der Waals surface area contributed by atoms with Gasteiger partial charge in [0, 0.05) is 10.6 Å². The SMILES string of the molecule is CC1(C)OC[C@H](C(O)C2OC(=O)C=C2Br)O1. The van der Waals surface area contributed by atoms with E-state index in [0.29, 0.717) is 4.48 Å². The van der Waals surface area contributed by atoms with E-state index in [1.54, 1.807) is 13.8 Å². The summed E-state index contributed by atoms with van der Waals surface area (Å²) in [5.41, 5.74) is 0. The number of rotatable bonds is 2. The third-order valence-electron chi connectivity index (χ3n) is 2.49. The maximum absolute atomic E-state index is 11.0. The number of hydrogen-bond acceptors (Lipinski definition) is 5. The zero-order valence-corrected chi connectivity index (χ0v) is 10.6. The Morgan fingerprint density at radius 1 is 1.62 bits per heavy atom. The Morgan fingerprint density at radius 2 is 2.31 bits per heavy atom. The average molecular weight is 293 g/mol. The van der Waals surface area contributed by atoms with Crippen LogP contribution in [-0.2, 0) is 19.0 Å². The topological polar surface area (TPSA) is 65.0 Å². The maximum Gasteiger partial charge on any atom is 0.332 e. The minimum atomic E-state index is -0.932. The maximum atomic E-state index is 11.0. The van der Waals surface area contributed by atoms with Crippen molar-refractivity contribution in [2.75, 3.05) is 6.61 Å². The molecule has 2 heterocycles. The highest BCUT2D eigenvalue weighted by Gasteiger charge is 2.43. The van der Waals surface area contributed by atoms with Crippen molar-refractivity contribution >= 4 is 21.9 Å². The van der Waals surface area contributed by atoms with Crippen LogP contribution in [0.25, 0.3) is 0 Å². The van der Waals surface area contributed by atoms with Gasteiger partial charge in [0.05, 0.1) is 6.61 Å². The van der Waals surface area contributed by atoms with Gasteiger partial charge in [0.15, 0.2) is 11.9 Å². The van der Waals surface area contributed by atoms with Gasteiger partial charge in [0.2, 0.25) is 0 Å². The van der Waals surface area contributed by atoms with E-state index in [4.69, 9.17) is 14.2 Å². The lowest BCUT2D eigenvalue weighted by atomic mass is 10.1. The fraction of sp³-hybridized carbons (Fsp3) is 0.700. The van der Waals surface area contributed by atoms with Gasteiger partial charge in [0.1, 0.15) is 12.2 Å². The van der Waals surface area contributed by atoms with E-state index >= 15 is 0 Å². The van der Waals surface area contributed by atoms with E-state index in [0.717, 1.165) is 0 Å². The number of ether oxygens (including phenoxy) is 3. The van der Waals surface area contributed by atoms with Gasteiger partial charge in [-0.15, -0.1) is 0 Å². The van der Waals surface area contributed by atoms with Gasteiger partial charge >= 0.3 is 5.97 Å². The van der Waals surface area contributed by atoms with E-state index in [9.17, 15) is 9.90 Å². The summed E-state index contributed by atoms with van der Waals surface area (Å²) >= 11 is 3.18. The van der Waals surface area contributed by atoms with Gasteiger partial charge in [-0.2, -0.15) is 0 Å². The van der Waals surface area contributed by atoms with Crippen LogP contribution >= 0.6 is 15.9 Å². The number of halogens is 1. The number of esters is 1. The molecule has 2 aliphatic heterocycles. The Bertz CT molecular complexity index is 338. The molecule has 0 aliphatic carbocycles. The van der Waals surface area contributed by atoms with Crippen LogP contribution in [0.15, 0.2) is 10.6 Å². The second kappa shape index (κ2) is 4.10. The van der Waals surface area contributed by atoms with Crippen LogP contribution in [0.5, 0.6) is 0 Å². The summed E-state index contributed by atoms with van der Waals surface area (Å²) in [6, 6.07) is 0. The lowest BCUT2D eigenvalue weighted by Crippen LogP contribution is -2.40. The molecule has 0 amide bonds. The summed E-state index contributed by atoms with van der Waals surface area (Å²) in [5, 5.41) is 10.0. The van der Waals surface area contributed by atoms with Crippen LogP contribution in [-0.4, -0.2) is 41.8 Å². The molecule has 2 unspecified atom stereocenters. The highest BCUT2D eigenvalue weighted by Crippen LogP contribution is 2.31. The quantitative estimate of drug-likeness (QED) is 0.759. The first-order valence-corrected chi connectivity index (χ1v) is 5.76. The molecule has 0 saturated carbocycles. The normalized spacial score (nSPS) is 34.8. The van der Waals surface area contributed by atoms with Crippen LogP contribution < -0.4 is 0 Å². The molecule has 6 heteroatoms. The van der Waals surface area contributed by atoms with Crippen molar-refractivity contribution in [2.45, 2.75) is 37.9 Å². The molecule has 3 atom stereocenters. The van der Waals surface area contributed by atoms with E-state index in [1.807, 2.05) is 0 Å². The van der Waals surface area contributed by atoms with E-state index in [2.05, 4.69) is 15.9 Å². The van der Waals surface area contributed by atoms with Gasteiger partial charge in [-0.05, 0) is 13.8 Å². The summed E-state index contributed by atoms with van der Waals surface area (Å²) in [6.45, 7) is 3.82. The monoisotopic (exact) mass is 292 g/mol. The van der Waals surface area contributed by atoms with Gasteiger partial charge < -0.3 is 19.3 Å². The number of carbonyl (C=O) groups excluding carboxylic acids is 1. The van der Waals surface area contributed by atoms with Gasteiger partial charge in [-0.3, -0.25) is 0 Å². The van der Waals surface area contributed by atoms with Crippen molar-refractivity contribution in [2.24, 2.45) is 0 Å². The molecule has 90 valence electrons. The van der Waals surface area contributed by atoms with Crippen LogP contribution in [0.1, 0.15) is 13.8 Å². The molecule has 1 N–H and O–H groups in total. The Kier molecular flexibility index (Phi) is 3.09. The second-order valence-corrected chi connectivity index (χ2v) is 5.16. The standard InChI is InChI=1S/C10H13BrO5/c1-10(2)14-4-6(16-10)8(13)9-5(11)3-7(12)15-9/h3,6,8-9,13H,4H2,1-2H3/t6-,8?,9?/m1/s1. The van der Waals surface area contributed by atoms with Crippen molar-refractivity contribution < 1.29 is 24.1 Å². The number of hydrogen-bond donors (Lipinski definition) is 1. The Labute approximate surface area is 101 Å². The number of aliphatic hydroxyl groups excluding tert-OH is 1. The third-order valence-corrected chi connectivity index (χ3v) is 3.17. The Hall–Kier alpha value is -0.430. The summed E-state index contributed by atoms with van der Waals surface area (Å²) < 4.78 is 16.3. The molecule has 0 aromatic rings. The van der Waals surface area contributed by atoms with E-state index < -0.39 is 30.1 Å². The number of cyclic esters (lactones) is 1. The van der Waals surface area contributed by atoms with Gasteiger partial charge in [-0.25, -0.2) is 4.79 Å². The van der Waals surface area contributed by atoms with Crippen LogP contribution in [0.4, 0.5) is 0 Å². The van der Waals surface area contributed by atoms with Crippen molar-refractivity contribution in [1.29, 1.82) is 0 Å². The first kappa shape index (κ1) is 12.0. The van der Waals surface area contributed by atoms with Crippen molar-refractivity contribution in [3.63, 3.8) is 0 Å². The lowest BCUT2D eigenvalue weighted by Gasteiger charge is -2.24. The minimum Gasteiger partial charge on any atom is -0.451 e. The zero-order chi connectivity index (χ0) is 11.9. The van der Waals surface area contributed by atoms with Crippen molar-refractivity contribution in [3.05, 3.63) is 10.6 Å². The smallest absolute Gasteiger partial charge is 0.332 e. The number of aliphatic hydroxyl groups is 1. The second-order valence-electron chi connectivity index (χ2n) is 4.24. The highest BCUT2D eigenvalue weighted by molar-refractivity contribution is 9.11. The molecule has 2 rings (SSSR count). The summed E-state index contributed by atoms with van der Waals surface area (Å²) in [6.07, 6.45) is -0.824. The highest BCUT2D eigenvalue weighted by atomic mass is 79.9. The van der Waals surface area contributed by atoms with Crippen LogP contribution in [0.2, 0.25) is 0 Å². The van der Waals surface area contributed by atoms with Gasteiger partial charge in [0.25, 0.3) is 0 Å². The molecule has 16 heavy (non-hydrogen) atoms. The molecule has 1 fully saturated rings. The molecule has 0 bridgehead atoms. The predicted octanol–water partition coefficient (Wildman–Crippen LogP) is 0.703. The fourth-order valence-corrected chi connectivity index (χ4v) is 2.27. The predicted molar refractivity (Wildman–Crippen MR) is 57.8 cm³/mol. The number of carbonyl (C=O) groups is 1. The van der Waals surface area contributed by atoms with Crippen LogP contribution in [0.3, 0.4) is 0 Å². The molecule has 5 nitrogen and oxygen atoms in total. The van der Waals surface area contributed by atoms with Crippen molar-refractivity contribution in [1.82, 2.24) is 0 Å². The molecule has 0 aromatic heterocycles. The first-order valence-electron chi connectivity index (χ1n) is 4.96. The van der Waals surface area contributed by atoms with Crippen LogP contribution in [0, 0.1) is 0 Å². The minimum absolute atomic E-state index is 0.280. The third kappa shape index (κ3) is 2.29. The summed E-state index contributed by atoms with van der Waals surface area (Å²) in [5.74, 6) is -1.17. The Balaban J connectivity index is 2.02.